The zero-order chi connectivity index (χ0) is 36.3. The van der Waals surface area contributed by atoms with Gasteiger partial charge in [0.15, 0.2) is 0 Å². The number of phenolic OH excluding ortho intramolecular Hbond substituents is 3. The van der Waals surface area contributed by atoms with Crippen LogP contribution in [0.25, 0.3) is 0 Å². The number of hydrogen-bond acceptors (Lipinski definition) is 9. The lowest BCUT2D eigenvalue weighted by molar-refractivity contribution is 0.0406. The SMILES string of the molecule is CC1(O)C=C(CCC2C=CC(O)=CC2)C2=C(C1)O[C@H](C1=CC[C@H](O)C=C1)[C@H]2C1=C2C(CC(O)=C1)O[C@@H](c1ccc(O)cc1)[C@@H]2c1cc(O)cc(O)c1. The summed E-state index contributed by atoms with van der Waals surface area (Å²) in [5, 5.41) is 74.8. The van der Waals surface area contributed by atoms with Gasteiger partial charge in [-0.3, -0.25) is 0 Å². The van der Waals surface area contributed by atoms with Crippen LogP contribution in [0.1, 0.15) is 68.6 Å². The summed E-state index contributed by atoms with van der Waals surface area (Å²) in [4.78, 5) is 0. The van der Waals surface area contributed by atoms with Crippen molar-refractivity contribution in [1.82, 2.24) is 0 Å². The number of phenols is 3. The molecule has 1 fully saturated rings. The minimum absolute atomic E-state index is 0.0953. The van der Waals surface area contributed by atoms with Crippen LogP contribution in [0.4, 0.5) is 0 Å². The Hall–Kier alpha value is -4.96. The number of hydrogen-bond donors (Lipinski definition) is 7. The average molecular weight is 705 g/mol. The number of ether oxygens (including phenoxy) is 2. The van der Waals surface area contributed by atoms with Crippen molar-refractivity contribution in [3.8, 4) is 17.2 Å². The number of aromatic hydroxyl groups is 3. The zero-order valence-corrected chi connectivity index (χ0v) is 28.9. The second kappa shape index (κ2) is 13.2. The van der Waals surface area contributed by atoms with Crippen molar-refractivity contribution in [2.24, 2.45) is 11.8 Å². The lowest BCUT2D eigenvalue weighted by Gasteiger charge is -2.33. The fraction of sp³-hybridized carbons (Fsp3) is 0.349. The summed E-state index contributed by atoms with van der Waals surface area (Å²) in [6.07, 6.45) is 15.7. The number of rotatable bonds is 7. The Bertz CT molecular complexity index is 2000. The summed E-state index contributed by atoms with van der Waals surface area (Å²) < 4.78 is 13.7. The Morgan fingerprint density at radius 3 is 2.29 bits per heavy atom. The highest BCUT2D eigenvalue weighted by Gasteiger charge is 2.51. The van der Waals surface area contributed by atoms with Gasteiger partial charge in [0.2, 0.25) is 0 Å². The molecule has 270 valence electrons. The van der Waals surface area contributed by atoms with E-state index >= 15 is 0 Å². The number of aliphatic hydroxyl groups excluding tert-OH is 3. The third kappa shape index (κ3) is 6.49. The highest BCUT2D eigenvalue weighted by molar-refractivity contribution is 5.58. The monoisotopic (exact) mass is 704 g/mol. The largest absolute Gasteiger partial charge is 0.512 e. The van der Waals surface area contributed by atoms with Crippen LogP contribution >= 0.6 is 0 Å². The molecule has 2 aromatic rings. The summed E-state index contributed by atoms with van der Waals surface area (Å²) in [6.45, 7) is 1.78. The molecule has 2 aliphatic heterocycles. The van der Waals surface area contributed by atoms with E-state index in [1.807, 2.05) is 36.5 Å². The molecule has 2 heterocycles. The maximum atomic E-state index is 11.5. The summed E-state index contributed by atoms with van der Waals surface area (Å²) in [5.41, 5.74) is 4.73. The van der Waals surface area contributed by atoms with Crippen molar-refractivity contribution >= 4 is 0 Å². The molecule has 9 heteroatoms. The Kier molecular flexibility index (Phi) is 8.68. The van der Waals surface area contributed by atoms with Gasteiger partial charge in [0, 0.05) is 30.4 Å². The number of benzene rings is 2. The van der Waals surface area contributed by atoms with E-state index in [-0.39, 0.29) is 47.5 Å². The first kappa shape index (κ1) is 34.1. The van der Waals surface area contributed by atoms with Gasteiger partial charge in [0.05, 0.1) is 35.6 Å². The van der Waals surface area contributed by atoms with Crippen molar-refractivity contribution < 1.29 is 45.2 Å². The van der Waals surface area contributed by atoms with Crippen LogP contribution in [0.3, 0.4) is 0 Å². The van der Waals surface area contributed by atoms with Crippen molar-refractivity contribution in [3.63, 3.8) is 0 Å². The maximum Gasteiger partial charge on any atom is 0.134 e. The number of fused-ring (bicyclic) bond motifs is 1. The molecule has 52 heavy (non-hydrogen) atoms. The van der Waals surface area contributed by atoms with E-state index < -0.39 is 41.9 Å². The van der Waals surface area contributed by atoms with Gasteiger partial charge in [0.25, 0.3) is 0 Å². The molecule has 3 unspecified atom stereocenters. The van der Waals surface area contributed by atoms with Crippen LogP contribution in [-0.2, 0) is 9.47 Å². The minimum atomic E-state index is -1.16. The maximum absolute atomic E-state index is 11.5. The van der Waals surface area contributed by atoms with Crippen LogP contribution in [0.5, 0.6) is 17.2 Å². The van der Waals surface area contributed by atoms with Crippen LogP contribution in [0, 0.1) is 11.8 Å². The van der Waals surface area contributed by atoms with Crippen LogP contribution in [0.2, 0.25) is 0 Å². The van der Waals surface area contributed by atoms with Crippen molar-refractivity contribution in [2.45, 2.75) is 81.4 Å². The normalized spacial score (nSPS) is 32.5. The minimum Gasteiger partial charge on any atom is -0.512 e. The van der Waals surface area contributed by atoms with E-state index in [0.717, 1.165) is 39.8 Å². The quantitative estimate of drug-likeness (QED) is 0.154. The van der Waals surface area contributed by atoms with Gasteiger partial charge in [-0.15, -0.1) is 0 Å². The van der Waals surface area contributed by atoms with E-state index in [1.165, 1.54) is 6.07 Å². The fourth-order valence-corrected chi connectivity index (χ4v) is 8.87. The third-order valence-electron chi connectivity index (χ3n) is 11.1. The Labute approximate surface area is 302 Å². The van der Waals surface area contributed by atoms with Gasteiger partial charge in [-0.25, -0.2) is 0 Å². The van der Waals surface area contributed by atoms with Crippen molar-refractivity contribution in [3.05, 3.63) is 147 Å². The van der Waals surface area contributed by atoms with Crippen LogP contribution in [0.15, 0.2) is 136 Å². The highest BCUT2D eigenvalue weighted by Crippen LogP contribution is 2.58. The number of allylic oxidation sites excluding steroid dienone is 5. The topological polar surface area (TPSA) is 160 Å². The van der Waals surface area contributed by atoms with E-state index in [2.05, 4.69) is 0 Å². The molecule has 0 bridgehead atoms. The average Bonchev–Trinajstić information content (AvgIpc) is 3.66. The molecule has 0 saturated carbocycles. The van der Waals surface area contributed by atoms with Gasteiger partial charge in [-0.05, 0) is 121 Å². The second-order valence-corrected chi connectivity index (χ2v) is 15.1. The summed E-state index contributed by atoms with van der Waals surface area (Å²) in [6, 6.07) is 11.3. The first-order valence-electron chi connectivity index (χ1n) is 18.0. The van der Waals surface area contributed by atoms with Gasteiger partial charge in [-0.1, -0.05) is 36.4 Å². The van der Waals surface area contributed by atoms with E-state index in [1.54, 1.807) is 55.5 Å². The van der Waals surface area contributed by atoms with Gasteiger partial charge in [-0.2, -0.15) is 0 Å². The molecule has 9 nitrogen and oxygen atoms in total. The Morgan fingerprint density at radius 1 is 0.827 bits per heavy atom. The number of aliphatic hydroxyl groups is 4. The van der Waals surface area contributed by atoms with Crippen molar-refractivity contribution in [2.75, 3.05) is 0 Å². The Balaban J connectivity index is 1.30. The molecule has 2 aromatic carbocycles. The second-order valence-electron chi connectivity index (χ2n) is 15.1. The molecule has 0 amide bonds. The first-order chi connectivity index (χ1) is 24.9. The summed E-state index contributed by atoms with van der Waals surface area (Å²) in [5.74, 6) is 0.276. The lowest BCUT2D eigenvalue weighted by Crippen LogP contribution is -2.29. The molecule has 8 rings (SSSR count). The predicted molar refractivity (Wildman–Crippen MR) is 194 cm³/mol. The summed E-state index contributed by atoms with van der Waals surface area (Å²) >= 11 is 0. The molecule has 0 spiro atoms. The molecular weight excluding hydrogens is 660 g/mol. The molecule has 0 radical (unpaired) electrons. The van der Waals surface area contributed by atoms with Gasteiger partial charge >= 0.3 is 0 Å². The molecule has 8 atom stereocenters. The van der Waals surface area contributed by atoms with Gasteiger partial charge in [0.1, 0.15) is 34.9 Å². The molecule has 0 aromatic heterocycles. The van der Waals surface area contributed by atoms with E-state index in [0.29, 0.717) is 30.6 Å². The third-order valence-corrected chi connectivity index (χ3v) is 11.1. The fourth-order valence-electron chi connectivity index (χ4n) is 8.87. The van der Waals surface area contributed by atoms with E-state index in [4.69, 9.17) is 9.47 Å². The standard InChI is InChI=1S/C43H44O9/c1-43(50)21-26(5-2-23-3-10-28(44)11-4-23)37-36(22-43)52-42(25-8-14-30(46)15-9-25)40(37)34-19-33(49)20-35-39(34)38(27-16-31(47)18-32(48)17-27)41(51-35)24-6-12-29(45)13-7-24/h3,6-14,16-19,21,23,30,35,38,40-42,44-50H,2,4-5,15,20,22H2,1H3/t23?,30-,35?,38-,40+,41+,42-,43?/m1/s1. The predicted octanol–water partition coefficient (Wildman–Crippen LogP) is 7.56. The Morgan fingerprint density at radius 2 is 1.60 bits per heavy atom. The summed E-state index contributed by atoms with van der Waals surface area (Å²) in [7, 11) is 0. The van der Waals surface area contributed by atoms with Gasteiger partial charge < -0.3 is 45.2 Å². The molecule has 6 aliphatic rings. The van der Waals surface area contributed by atoms with Crippen LogP contribution in [-0.4, -0.2) is 59.7 Å². The molecule has 7 N–H and O–H groups in total. The van der Waals surface area contributed by atoms with Crippen molar-refractivity contribution in [1.29, 1.82) is 0 Å². The highest BCUT2D eigenvalue weighted by atomic mass is 16.5. The van der Waals surface area contributed by atoms with Crippen LogP contribution < -0.4 is 0 Å². The molecule has 4 aliphatic carbocycles. The molecule has 1 saturated heterocycles. The first-order valence-corrected chi connectivity index (χ1v) is 18.0. The smallest absolute Gasteiger partial charge is 0.134 e. The lowest BCUT2D eigenvalue weighted by atomic mass is 9.69. The zero-order valence-electron chi connectivity index (χ0n) is 28.9. The van der Waals surface area contributed by atoms with E-state index in [9.17, 15) is 35.7 Å². The molecular formula is C43H44O9.